The lowest BCUT2D eigenvalue weighted by Gasteiger charge is -2.11. The summed E-state index contributed by atoms with van der Waals surface area (Å²) < 4.78 is 5.54. The summed E-state index contributed by atoms with van der Waals surface area (Å²) in [4.78, 5) is 6.18. The highest BCUT2D eigenvalue weighted by Gasteiger charge is 1.96. The number of hydrogen-bond acceptors (Lipinski definition) is 4. The Balaban J connectivity index is 0. The van der Waals surface area contributed by atoms with Crippen LogP contribution in [0.3, 0.4) is 0 Å². The van der Waals surface area contributed by atoms with Crippen molar-refractivity contribution in [2.45, 2.75) is 27.7 Å². The van der Waals surface area contributed by atoms with Crippen LogP contribution >= 0.6 is 0 Å². The molecule has 0 aliphatic carbocycles. The lowest BCUT2D eigenvalue weighted by atomic mass is 10.4. The van der Waals surface area contributed by atoms with Gasteiger partial charge in [0.1, 0.15) is 18.2 Å². The van der Waals surface area contributed by atoms with Gasteiger partial charge in [0.2, 0.25) is 0 Å². The molecule has 0 atom stereocenters. The van der Waals surface area contributed by atoms with E-state index in [0.717, 1.165) is 18.1 Å². The summed E-state index contributed by atoms with van der Waals surface area (Å²) in [5, 5.41) is 2.97. The van der Waals surface area contributed by atoms with Gasteiger partial charge in [0.15, 0.2) is 0 Å². The lowest BCUT2D eigenvalue weighted by Crippen LogP contribution is -2.19. The molecule has 0 spiro atoms. The molecule has 0 saturated carbocycles. The molecule has 1 rings (SSSR count). The molecular weight excluding hydrogens is 226 g/mol. The van der Waals surface area contributed by atoms with Gasteiger partial charge >= 0.3 is 0 Å². The number of anilines is 1. The van der Waals surface area contributed by atoms with Gasteiger partial charge in [-0.1, -0.05) is 27.7 Å². The van der Waals surface area contributed by atoms with Crippen LogP contribution in [0.25, 0.3) is 0 Å². The minimum atomic E-state index is 0.695. The zero-order valence-corrected chi connectivity index (χ0v) is 12.9. The van der Waals surface area contributed by atoms with Crippen molar-refractivity contribution in [1.82, 2.24) is 9.88 Å². The summed E-state index contributed by atoms with van der Waals surface area (Å²) in [7, 11) is 5.88. The second kappa shape index (κ2) is 13.8. The van der Waals surface area contributed by atoms with Crippen LogP contribution in [0.4, 0.5) is 5.82 Å². The summed E-state index contributed by atoms with van der Waals surface area (Å²) in [6, 6.07) is 3.74. The Morgan fingerprint density at radius 2 is 1.83 bits per heavy atom. The molecule has 18 heavy (non-hydrogen) atoms. The number of pyridine rings is 1. The van der Waals surface area contributed by atoms with Gasteiger partial charge in [-0.05, 0) is 20.2 Å². The number of likely N-dealkylation sites (N-methyl/N-ethyl adjacent to an activating group) is 1. The third-order valence-corrected chi connectivity index (χ3v) is 1.79. The quantitative estimate of drug-likeness (QED) is 0.877. The minimum absolute atomic E-state index is 0.695. The molecule has 0 radical (unpaired) electrons. The van der Waals surface area contributed by atoms with Crippen LogP contribution < -0.4 is 10.1 Å². The molecule has 0 bridgehead atoms. The standard InChI is InChI=1S/C10H17N3O.2C2H6/c1-11-10-8-9(4-5-12-10)14-7-6-13(2)3;2*1-2/h4-5,8H,6-7H2,1-3H3,(H,11,12);2*1-2H3. The van der Waals surface area contributed by atoms with Crippen molar-refractivity contribution in [2.75, 3.05) is 39.6 Å². The summed E-state index contributed by atoms with van der Waals surface area (Å²) in [5.41, 5.74) is 0. The normalized spacial score (nSPS) is 8.67. The van der Waals surface area contributed by atoms with Crippen molar-refractivity contribution < 1.29 is 4.74 Å². The highest BCUT2D eigenvalue weighted by atomic mass is 16.5. The molecule has 0 saturated heterocycles. The summed E-state index contributed by atoms with van der Waals surface area (Å²) in [6.07, 6.45) is 1.73. The van der Waals surface area contributed by atoms with Crippen molar-refractivity contribution >= 4 is 5.82 Å². The van der Waals surface area contributed by atoms with Gasteiger partial charge in [0, 0.05) is 25.9 Å². The number of rotatable bonds is 5. The van der Waals surface area contributed by atoms with E-state index in [9.17, 15) is 0 Å². The Morgan fingerprint density at radius 3 is 2.33 bits per heavy atom. The molecule has 106 valence electrons. The third-order valence-electron chi connectivity index (χ3n) is 1.79. The largest absolute Gasteiger partial charge is 0.492 e. The maximum Gasteiger partial charge on any atom is 0.129 e. The van der Waals surface area contributed by atoms with E-state index in [4.69, 9.17) is 4.74 Å². The Morgan fingerprint density at radius 1 is 1.22 bits per heavy atom. The predicted molar refractivity (Wildman–Crippen MR) is 80.5 cm³/mol. The molecule has 0 amide bonds. The first-order valence-corrected chi connectivity index (χ1v) is 6.63. The number of nitrogens with one attached hydrogen (secondary N) is 1. The Hall–Kier alpha value is -1.29. The Bertz CT molecular complexity index is 277. The van der Waals surface area contributed by atoms with Crippen molar-refractivity contribution in [3.8, 4) is 5.75 Å². The van der Waals surface area contributed by atoms with Gasteiger partial charge < -0.3 is 15.0 Å². The summed E-state index contributed by atoms with van der Waals surface area (Å²) in [6.45, 7) is 9.61. The van der Waals surface area contributed by atoms with Crippen molar-refractivity contribution in [1.29, 1.82) is 0 Å². The predicted octanol–water partition coefficient (Wildman–Crippen LogP) is 3.12. The van der Waals surface area contributed by atoms with Crippen molar-refractivity contribution in [3.63, 3.8) is 0 Å². The highest BCUT2D eigenvalue weighted by molar-refractivity contribution is 5.39. The van der Waals surface area contributed by atoms with Gasteiger partial charge in [0.05, 0.1) is 0 Å². The fourth-order valence-corrected chi connectivity index (χ4v) is 0.984. The SMILES string of the molecule is CC.CC.CNc1cc(OCCN(C)C)ccn1. The minimum Gasteiger partial charge on any atom is -0.492 e. The third kappa shape index (κ3) is 9.90. The number of aromatic nitrogens is 1. The number of ether oxygens (including phenoxy) is 1. The van der Waals surface area contributed by atoms with E-state index in [1.165, 1.54) is 0 Å². The molecule has 1 heterocycles. The van der Waals surface area contributed by atoms with Crippen LogP contribution in [0, 0.1) is 0 Å². The van der Waals surface area contributed by atoms with Crippen LogP contribution in [-0.2, 0) is 0 Å². The van der Waals surface area contributed by atoms with Crippen molar-refractivity contribution in [3.05, 3.63) is 18.3 Å². The second-order valence-corrected chi connectivity index (χ2v) is 3.28. The first-order valence-electron chi connectivity index (χ1n) is 6.63. The fraction of sp³-hybridized carbons (Fsp3) is 0.643. The molecule has 4 heteroatoms. The van der Waals surface area contributed by atoms with E-state index >= 15 is 0 Å². The van der Waals surface area contributed by atoms with Gasteiger partial charge in [-0.3, -0.25) is 0 Å². The molecule has 0 aliphatic rings. The van der Waals surface area contributed by atoms with Crippen LogP contribution in [0.2, 0.25) is 0 Å². The van der Waals surface area contributed by atoms with Gasteiger partial charge in [-0.15, -0.1) is 0 Å². The monoisotopic (exact) mass is 255 g/mol. The molecule has 0 aliphatic heterocycles. The molecule has 1 aromatic heterocycles. The van der Waals surface area contributed by atoms with E-state index in [0.29, 0.717) is 6.61 Å². The van der Waals surface area contributed by atoms with E-state index in [1.54, 1.807) is 6.20 Å². The first-order chi connectivity index (χ1) is 8.72. The lowest BCUT2D eigenvalue weighted by molar-refractivity contribution is 0.261. The van der Waals surface area contributed by atoms with E-state index in [1.807, 2.05) is 61.0 Å². The van der Waals surface area contributed by atoms with E-state index < -0.39 is 0 Å². The van der Waals surface area contributed by atoms with Gasteiger partial charge in [-0.2, -0.15) is 0 Å². The molecule has 4 nitrogen and oxygen atoms in total. The van der Waals surface area contributed by atoms with E-state index in [2.05, 4.69) is 15.2 Å². The smallest absolute Gasteiger partial charge is 0.129 e. The molecule has 0 unspecified atom stereocenters. The summed E-state index contributed by atoms with van der Waals surface area (Å²) >= 11 is 0. The van der Waals surface area contributed by atoms with Crippen molar-refractivity contribution in [2.24, 2.45) is 0 Å². The van der Waals surface area contributed by atoms with Crippen LogP contribution in [-0.4, -0.2) is 44.2 Å². The maximum absolute atomic E-state index is 5.54. The topological polar surface area (TPSA) is 37.4 Å². The average molecular weight is 255 g/mol. The molecule has 0 fully saturated rings. The molecule has 1 aromatic rings. The molecule has 1 N–H and O–H groups in total. The molecular formula is C14H29N3O. The number of hydrogen-bond donors (Lipinski definition) is 1. The van der Waals surface area contributed by atoms with Crippen LogP contribution in [0.1, 0.15) is 27.7 Å². The Labute approximate surface area is 112 Å². The summed E-state index contributed by atoms with van der Waals surface area (Å²) in [5.74, 6) is 1.68. The highest BCUT2D eigenvalue weighted by Crippen LogP contribution is 2.13. The average Bonchev–Trinajstić information content (AvgIpc) is 2.43. The van der Waals surface area contributed by atoms with Gasteiger partial charge in [0.25, 0.3) is 0 Å². The number of nitrogens with zero attached hydrogens (tertiary/aromatic N) is 2. The van der Waals surface area contributed by atoms with E-state index in [-0.39, 0.29) is 0 Å². The second-order valence-electron chi connectivity index (χ2n) is 3.28. The van der Waals surface area contributed by atoms with Crippen LogP contribution in [0.15, 0.2) is 18.3 Å². The molecule has 0 aromatic carbocycles. The maximum atomic E-state index is 5.54. The van der Waals surface area contributed by atoms with Crippen LogP contribution in [0.5, 0.6) is 5.75 Å². The zero-order chi connectivity index (χ0) is 14.4. The fourth-order valence-electron chi connectivity index (χ4n) is 0.984. The first kappa shape index (κ1) is 19.1. The Kier molecular flexibility index (Phi) is 14.6. The zero-order valence-electron chi connectivity index (χ0n) is 12.9. The van der Waals surface area contributed by atoms with Gasteiger partial charge in [-0.25, -0.2) is 4.98 Å².